The van der Waals surface area contributed by atoms with Gasteiger partial charge in [-0.2, -0.15) is 0 Å². The summed E-state index contributed by atoms with van der Waals surface area (Å²) in [6.45, 7) is 0. The van der Waals surface area contributed by atoms with Crippen LogP contribution >= 0.6 is 11.6 Å². The summed E-state index contributed by atoms with van der Waals surface area (Å²) in [7, 11) is 3.39. The van der Waals surface area contributed by atoms with Crippen molar-refractivity contribution in [1.82, 2.24) is 24.7 Å². The molecule has 0 aromatic carbocycles. The lowest BCUT2D eigenvalue weighted by molar-refractivity contribution is 0.393. The highest BCUT2D eigenvalue weighted by Crippen LogP contribution is 2.35. The van der Waals surface area contributed by atoms with E-state index >= 15 is 0 Å². The van der Waals surface area contributed by atoms with E-state index in [1.54, 1.807) is 24.2 Å². The molecule has 1 N–H and O–H groups in total. The minimum atomic E-state index is 0.471. The monoisotopic (exact) mass is 354 g/mol. The molecule has 0 atom stereocenters. The van der Waals surface area contributed by atoms with Crippen molar-refractivity contribution in [2.45, 2.75) is 6.42 Å². The number of nitrogens with zero attached hydrogens (tertiary/aromatic N) is 5. The second kappa shape index (κ2) is 6.18. The Kier molecular flexibility index (Phi) is 3.85. The average molecular weight is 355 g/mol. The molecular formula is C17H15ClN6O. The van der Waals surface area contributed by atoms with Crippen molar-refractivity contribution in [1.29, 1.82) is 0 Å². The standard InChI is InChI=1S/C17H15ClN6O/c1-24-9-14(16(23-24)25-2)22-17-20-8-6-13(21-17)11-3-4-12-10(11)5-7-19-15(12)18/h3,5-9H,4H2,1-2H3,(H,20,21,22). The summed E-state index contributed by atoms with van der Waals surface area (Å²) in [5.41, 5.74) is 4.64. The SMILES string of the molecule is COc1nn(C)cc1Nc1nccc(C2=CCc3c2ccnc3Cl)n1. The number of aryl methyl sites for hydroxylation is 1. The zero-order chi connectivity index (χ0) is 17.4. The number of anilines is 2. The first-order valence-electron chi connectivity index (χ1n) is 7.67. The number of aromatic nitrogens is 5. The molecule has 3 heterocycles. The van der Waals surface area contributed by atoms with Crippen LogP contribution in [-0.4, -0.2) is 31.8 Å². The second-order valence-electron chi connectivity index (χ2n) is 5.57. The third-order valence-corrected chi connectivity index (χ3v) is 4.30. The van der Waals surface area contributed by atoms with Crippen molar-refractivity contribution in [2.24, 2.45) is 7.05 Å². The largest absolute Gasteiger partial charge is 0.478 e. The Labute approximate surface area is 149 Å². The summed E-state index contributed by atoms with van der Waals surface area (Å²) in [5.74, 6) is 0.957. The number of pyridine rings is 1. The molecular weight excluding hydrogens is 340 g/mol. The Morgan fingerprint density at radius 3 is 2.92 bits per heavy atom. The molecule has 1 aliphatic carbocycles. The van der Waals surface area contributed by atoms with E-state index in [1.165, 1.54) is 0 Å². The first kappa shape index (κ1) is 15.6. The highest BCUT2D eigenvalue weighted by atomic mass is 35.5. The van der Waals surface area contributed by atoms with Crippen LogP contribution in [0.3, 0.4) is 0 Å². The fourth-order valence-corrected chi connectivity index (χ4v) is 3.10. The first-order chi connectivity index (χ1) is 12.2. The van der Waals surface area contributed by atoms with Gasteiger partial charge in [-0.3, -0.25) is 4.68 Å². The Hall–Kier alpha value is -2.93. The van der Waals surface area contributed by atoms with Crippen LogP contribution in [0.25, 0.3) is 5.57 Å². The molecule has 1 aliphatic rings. The molecule has 3 aromatic heterocycles. The number of hydrogen-bond acceptors (Lipinski definition) is 6. The Morgan fingerprint density at radius 1 is 1.24 bits per heavy atom. The van der Waals surface area contributed by atoms with Gasteiger partial charge in [-0.15, -0.1) is 5.10 Å². The number of rotatable bonds is 4. The van der Waals surface area contributed by atoms with Crippen LogP contribution in [0.15, 0.2) is 36.8 Å². The Bertz CT molecular complexity index is 981. The fraction of sp³-hybridized carbons (Fsp3) is 0.176. The van der Waals surface area contributed by atoms with Crippen LogP contribution in [0.4, 0.5) is 11.6 Å². The third kappa shape index (κ3) is 2.83. The van der Waals surface area contributed by atoms with Gasteiger partial charge in [-0.25, -0.2) is 15.0 Å². The van der Waals surface area contributed by atoms with Crippen molar-refractivity contribution in [3.05, 3.63) is 58.8 Å². The van der Waals surface area contributed by atoms with Gasteiger partial charge < -0.3 is 10.1 Å². The molecule has 8 heteroatoms. The third-order valence-electron chi connectivity index (χ3n) is 3.97. The van der Waals surface area contributed by atoms with E-state index in [0.717, 1.165) is 28.8 Å². The van der Waals surface area contributed by atoms with E-state index in [1.807, 2.05) is 25.4 Å². The van der Waals surface area contributed by atoms with Crippen molar-refractivity contribution in [3.8, 4) is 5.88 Å². The van der Waals surface area contributed by atoms with Crippen LogP contribution in [0, 0.1) is 0 Å². The van der Waals surface area contributed by atoms with Crippen LogP contribution in [-0.2, 0) is 13.5 Å². The summed E-state index contributed by atoms with van der Waals surface area (Å²) in [4.78, 5) is 13.0. The number of ether oxygens (including phenoxy) is 1. The van der Waals surface area contributed by atoms with Gasteiger partial charge in [0.05, 0.1) is 19.0 Å². The molecule has 25 heavy (non-hydrogen) atoms. The molecule has 0 radical (unpaired) electrons. The number of fused-ring (bicyclic) bond motifs is 1. The van der Waals surface area contributed by atoms with Crippen LogP contribution in [0.1, 0.15) is 16.8 Å². The number of nitrogens with one attached hydrogen (secondary N) is 1. The van der Waals surface area contributed by atoms with E-state index in [0.29, 0.717) is 22.7 Å². The molecule has 0 saturated heterocycles. The topological polar surface area (TPSA) is 77.8 Å². The summed E-state index contributed by atoms with van der Waals surface area (Å²) >= 11 is 6.18. The molecule has 0 spiro atoms. The second-order valence-corrected chi connectivity index (χ2v) is 5.92. The molecule has 0 bridgehead atoms. The van der Waals surface area contributed by atoms with E-state index in [-0.39, 0.29) is 0 Å². The minimum Gasteiger partial charge on any atom is -0.478 e. The molecule has 0 amide bonds. The van der Waals surface area contributed by atoms with Crippen molar-refractivity contribution in [3.63, 3.8) is 0 Å². The van der Waals surface area contributed by atoms with Crippen molar-refractivity contribution < 1.29 is 4.74 Å². The first-order valence-corrected chi connectivity index (χ1v) is 8.05. The molecule has 0 aliphatic heterocycles. The van der Waals surface area contributed by atoms with E-state index < -0.39 is 0 Å². The maximum Gasteiger partial charge on any atom is 0.256 e. The summed E-state index contributed by atoms with van der Waals surface area (Å²) in [6.07, 6.45) is 8.09. The summed E-state index contributed by atoms with van der Waals surface area (Å²) in [5, 5.41) is 7.89. The van der Waals surface area contributed by atoms with Gasteiger partial charge in [0.15, 0.2) is 0 Å². The Morgan fingerprint density at radius 2 is 2.08 bits per heavy atom. The van der Waals surface area contributed by atoms with Crippen LogP contribution in [0.2, 0.25) is 5.15 Å². The smallest absolute Gasteiger partial charge is 0.256 e. The van der Waals surface area contributed by atoms with Gasteiger partial charge in [0.1, 0.15) is 10.8 Å². The summed E-state index contributed by atoms with van der Waals surface area (Å²) in [6, 6.07) is 3.83. The Balaban J connectivity index is 1.66. The quantitative estimate of drug-likeness (QED) is 0.726. The maximum atomic E-state index is 6.18. The zero-order valence-electron chi connectivity index (χ0n) is 13.7. The van der Waals surface area contributed by atoms with Gasteiger partial charge >= 0.3 is 0 Å². The molecule has 0 saturated carbocycles. The van der Waals surface area contributed by atoms with E-state index in [9.17, 15) is 0 Å². The van der Waals surface area contributed by atoms with Gasteiger partial charge in [0.2, 0.25) is 5.95 Å². The normalized spacial score (nSPS) is 12.7. The molecule has 126 valence electrons. The fourth-order valence-electron chi connectivity index (χ4n) is 2.86. The summed E-state index contributed by atoms with van der Waals surface area (Å²) < 4.78 is 6.91. The molecule has 3 aromatic rings. The number of allylic oxidation sites excluding steroid dienone is 1. The zero-order valence-corrected chi connectivity index (χ0v) is 14.4. The predicted octanol–water partition coefficient (Wildman–Crippen LogP) is 3.00. The van der Waals surface area contributed by atoms with Gasteiger partial charge in [-0.05, 0) is 24.1 Å². The van der Waals surface area contributed by atoms with Crippen molar-refractivity contribution in [2.75, 3.05) is 12.4 Å². The van der Waals surface area contributed by atoms with Crippen molar-refractivity contribution >= 4 is 28.8 Å². The van der Waals surface area contributed by atoms with Crippen LogP contribution in [0.5, 0.6) is 5.88 Å². The number of hydrogen-bond donors (Lipinski definition) is 1. The lowest BCUT2D eigenvalue weighted by atomic mass is 10.1. The predicted molar refractivity (Wildman–Crippen MR) is 95.1 cm³/mol. The highest BCUT2D eigenvalue weighted by molar-refractivity contribution is 6.30. The number of halogens is 1. The molecule has 4 rings (SSSR count). The molecule has 7 nitrogen and oxygen atoms in total. The van der Waals surface area contributed by atoms with Gasteiger partial charge in [0, 0.05) is 30.6 Å². The molecule has 0 fully saturated rings. The maximum absolute atomic E-state index is 6.18. The molecule has 0 unspecified atom stereocenters. The average Bonchev–Trinajstić information content (AvgIpc) is 3.19. The highest BCUT2D eigenvalue weighted by Gasteiger charge is 2.20. The minimum absolute atomic E-state index is 0.471. The lowest BCUT2D eigenvalue weighted by Crippen LogP contribution is -2.00. The van der Waals surface area contributed by atoms with Gasteiger partial charge in [0.25, 0.3) is 5.88 Å². The van der Waals surface area contributed by atoms with E-state index in [2.05, 4.69) is 31.4 Å². The van der Waals surface area contributed by atoms with E-state index in [4.69, 9.17) is 16.3 Å². The lowest BCUT2D eigenvalue weighted by Gasteiger charge is -2.08. The van der Waals surface area contributed by atoms with Crippen LogP contribution < -0.4 is 10.1 Å². The number of methoxy groups -OCH3 is 1. The van der Waals surface area contributed by atoms with Gasteiger partial charge in [-0.1, -0.05) is 17.7 Å².